The average Bonchev–Trinajstić information content (AvgIpc) is 2.91. The van der Waals surface area contributed by atoms with Gasteiger partial charge in [-0.3, -0.25) is 10.1 Å². The number of nitrogens with zero attached hydrogens (tertiary/aromatic N) is 2. The SMILES string of the molecule is Cc1cc(NC(C)c2nc3ccccc3[nH]2)ccc1[N+](=O)[O-]. The first kappa shape index (κ1) is 14.1. The molecule has 112 valence electrons. The number of benzene rings is 2. The van der Waals surface area contributed by atoms with Crippen molar-refractivity contribution in [2.45, 2.75) is 19.9 Å². The second-order valence-electron chi connectivity index (χ2n) is 5.26. The van der Waals surface area contributed by atoms with Gasteiger partial charge in [-0.05, 0) is 38.1 Å². The molecule has 0 spiro atoms. The van der Waals surface area contributed by atoms with Gasteiger partial charge in [0.2, 0.25) is 0 Å². The molecule has 0 aliphatic heterocycles. The topological polar surface area (TPSA) is 83.8 Å². The Hall–Kier alpha value is -2.89. The first-order valence-electron chi connectivity index (χ1n) is 7.01. The zero-order chi connectivity index (χ0) is 15.7. The highest BCUT2D eigenvalue weighted by atomic mass is 16.6. The molecule has 0 bridgehead atoms. The van der Waals surface area contributed by atoms with Crippen molar-refractivity contribution in [1.82, 2.24) is 9.97 Å². The number of nitro benzene ring substituents is 1. The Bertz CT molecular complexity index is 808. The number of nitro groups is 1. The van der Waals surface area contributed by atoms with E-state index in [0.29, 0.717) is 5.56 Å². The molecule has 3 rings (SSSR count). The fourth-order valence-corrected chi connectivity index (χ4v) is 2.45. The molecule has 0 saturated carbocycles. The molecule has 2 N–H and O–H groups in total. The largest absolute Gasteiger partial charge is 0.375 e. The number of hydrogen-bond donors (Lipinski definition) is 2. The van der Waals surface area contributed by atoms with Crippen LogP contribution in [0.2, 0.25) is 0 Å². The zero-order valence-electron chi connectivity index (χ0n) is 12.3. The van der Waals surface area contributed by atoms with E-state index >= 15 is 0 Å². The Labute approximate surface area is 127 Å². The van der Waals surface area contributed by atoms with Crippen molar-refractivity contribution in [3.63, 3.8) is 0 Å². The molecule has 2 aromatic carbocycles. The van der Waals surface area contributed by atoms with Gasteiger partial charge in [0.05, 0.1) is 22.0 Å². The number of rotatable bonds is 4. The summed E-state index contributed by atoms with van der Waals surface area (Å²) in [6, 6.07) is 12.8. The van der Waals surface area contributed by atoms with E-state index in [4.69, 9.17) is 0 Å². The lowest BCUT2D eigenvalue weighted by Gasteiger charge is -2.13. The molecule has 6 heteroatoms. The van der Waals surface area contributed by atoms with E-state index in [1.165, 1.54) is 6.07 Å². The summed E-state index contributed by atoms with van der Waals surface area (Å²) in [6.07, 6.45) is 0. The summed E-state index contributed by atoms with van der Waals surface area (Å²) in [4.78, 5) is 18.3. The van der Waals surface area contributed by atoms with Crippen molar-refractivity contribution in [1.29, 1.82) is 0 Å². The number of para-hydroxylation sites is 2. The molecule has 1 heterocycles. The Balaban J connectivity index is 1.83. The van der Waals surface area contributed by atoms with E-state index in [9.17, 15) is 10.1 Å². The molecule has 22 heavy (non-hydrogen) atoms. The van der Waals surface area contributed by atoms with Crippen LogP contribution >= 0.6 is 0 Å². The maximum absolute atomic E-state index is 10.8. The maximum atomic E-state index is 10.8. The van der Waals surface area contributed by atoms with Crippen LogP contribution in [0.25, 0.3) is 11.0 Å². The van der Waals surface area contributed by atoms with Gasteiger partial charge in [-0.25, -0.2) is 4.98 Å². The van der Waals surface area contributed by atoms with Gasteiger partial charge < -0.3 is 10.3 Å². The Kier molecular flexibility index (Phi) is 3.50. The van der Waals surface area contributed by atoms with E-state index in [1.54, 1.807) is 19.1 Å². The lowest BCUT2D eigenvalue weighted by molar-refractivity contribution is -0.385. The van der Waals surface area contributed by atoms with Crippen LogP contribution in [0.5, 0.6) is 0 Å². The number of hydrogen-bond acceptors (Lipinski definition) is 4. The van der Waals surface area contributed by atoms with Crippen LogP contribution in [0.3, 0.4) is 0 Å². The quantitative estimate of drug-likeness (QED) is 0.564. The average molecular weight is 296 g/mol. The Morgan fingerprint density at radius 3 is 2.73 bits per heavy atom. The third-order valence-electron chi connectivity index (χ3n) is 3.59. The molecule has 1 aromatic heterocycles. The van der Waals surface area contributed by atoms with E-state index in [2.05, 4.69) is 15.3 Å². The lowest BCUT2D eigenvalue weighted by atomic mass is 10.1. The van der Waals surface area contributed by atoms with E-state index < -0.39 is 0 Å². The summed E-state index contributed by atoms with van der Waals surface area (Å²) < 4.78 is 0. The zero-order valence-corrected chi connectivity index (χ0v) is 12.3. The number of H-pyrrole nitrogens is 1. The van der Waals surface area contributed by atoms with E-state index in [0.717, 1.165) is 22.5 Å². The van der Waals surface area contributed by atoms with Crippen LogP contribution in [-0.2, 0) is 0 Å². The van der Waals surface area contributed by atoms with Crippen molar-refractivity contribution in [2.75, 3.05) is 5.32 Å². The molecule has 0 amide bonds. The molecule has 0 aliphatic carbocycles. The van der Waals surface area contributed by atoms with Crippen molar-refractivity contribution in [3.05, 3.63) is 64.0 Å². The first-order chi connectivity index (χ1) is 10.5. The summed E-state index contributed by atoms with van der Waals surface area (Å²) in [7, 11) is 0. The van der Waals surface area contributed by atoms with Crippen molar-refractivity contribution < 1.29 is 4.92 Å². The van der Waals surface area contributed by atoms with Crippen LogP contribution in [0, 0.1) is 17.0 Å². The summed E-state index contributed by atoms with van der Waals surface area (Å²) in [5.74, 6) is 0.831. The molecule has 0 fully saturated rings. The van der Waals surface area contributed by atoms with Crippen LogP contribution in [0.15, 0.2) is 42.5 Å². The van der Waals surface area contributed by atoms with E-state index in [1.807, 2.05) is 31.2 Å². The molecule has 1 atom stereocenters. The molecule has 0 radical (unpaired) electrons. The van der Waals surface area contributed by atoms with Gasteiger partial charge in [-0.15, -0.1) is 0 Å². The van der Waals surface area contributed by atoms with Crippen LogP contribution in [0.1, 0.15) is 24.4 Å². The Morgan fingerprint density at radius 1 is 1.27 bits per heavy atom. The molecule has 1 unspecified atom stereocenters. The summed E-state index contributed by atoms with van der Waals surface area (Å²) in [5.41, 5.74) is 3.50. The lowest BCUT2D eigenvalue weighted by Crippen LogP contribution is -2.08. The minimum Gasteiger partial charge on any atom is -0.375 e. The highest BCUT2D eigenvalue weighted by molar-refractivity contribution is 5.75. The fourth-order valence-electron chi connectivity index (χ4n) is 2.45. The standard InChI is InChI=1S/C16H16N4O2/c1-10-9-12(7-8-15(10)20(21)22)17-11(2)16-18-13-5-3-4-6-14(13)19-16/h3-9,11,17H,1-2H3,(H,18,19). The summed E-state index contributed by atoms with van der Waals surface area (Å²) in [6.45, 7) is 3.73. The van der Waals surface area contributed by atoms with Gasteiger partial charge in [0.25, 0.3) is 5.69 Å². The number of imidazole rings is 1. The van der Waals surface area contributed by atoms with Crippen molar-refractivity contribution in [2.24, 2.45) is 0 Å². The Morgan fingerprint density at radius 2 is 2.05 bits per heavy atom. The van der Waals surface area contributed by atoms with Gasteiger partial charge in [-0.1, -0.05) is 12.1 Å². The number of aryl methyl sites for hydroxylation is 1. The van der Waals surface area contributed by atoms with Crippen molar-refractivity contribution in [3.8, 4) is 0 Å². The molecular formula is C16H16N4O2. The fraction of sp³-hybridized carbons (Fsp3) is 0.188. The van der Waals surface area contributed by atoms with Gasteiger partial charge in [0, 0.05) is 17.3 Å². The highest BCUT2D eigenvalue weighted by Gasteiger charge is 2.13. The number of fused-ring (bicyclic) bond motifs is 1. The predicted octanol–water partition coefficient (Wildman–Crippen LogP) is 3.95. The monoisotopic (exact) mass is 296 g/mol. The molecule has 3 aromatic rings. The second-order valence-corrected chi connectivity index (χ2v) is 5.26. The third kappa shape index (κ3) is 2.63. The first-order valence-corrected chi connectivity index (χ1v) is 7.01. The molecule has 0 saturated heterocycles. The third-order valence-corrected chi connectivity index (χ3v) is 3.59. The van der Waals surface area contributed by atoms with Gasteiger partial charge >= 0.3 is 0 Å². The molecule has 6 nitrogen and oxygen atoms in total. The number of anilines is 1. The number of aromatic amines is 1. The minimum atomic E-state index is -0.373. The maximum Gasteiger partial charge on any atom is 0.272 e. The van der Waals surface area contributed by atoms with Gasteiger partial charge in [0.1, 0.15) is 5.82 Å². The minimum absolute atomic E-state index is 0.0340. The van der Waals surface area contributed by atoms with Crippen LogP contribution in [0.4, 0.5) is 11.4 Å². The second kappa shape index (κ2) is 5.48. The van der Waals surface area contributed by atoms with Gasteiger partial charge in [-0.2, -0.15) is 0 Å². The summed E-state index contributed by atoms with van der Waals surface area (Å²) in [5, 5.41) is 14.2. The smallest absolute Gasteiger partial charge is 0.272 e. The van der Waals surface area contributed by atoms with Gasteiger partial charge in [0.15, 0.2) is 0 Å². The predicted molar refractivity (Wildman–Crippen MR) is 86.0 cm³/mol. The molecular weight excluding hydrogens is 280 g/mol. The van der Waals surface area contributed by atoms with Crippen LogP contribution < -0.4 is 5.32 Å². The van der Waals surface area contributed by atoms with E-state index in [-0.39, 0.29) is 16.7 Å². The van der Waals surface area contributed by atoms with Crippen LogP contribution in [-0.4, -0.2) is 14.9 Å². The number of nitrogens with one attached hydrogen (secondary N) is 2. The number of aromatic nitrogens is 2. The molecule has 0 aliphatic rings. The summed E-state index contributed by atoms with van der Waals surface area (Å²) >= 11 is 0. The van der Waals surface area contributed by atoms with Crippen molar-refractivity contribution >= 4 is 22.4 Å². The highest BCUT2D eigenvalue weighted by Crippen LogP contribution is 2.25. The normalized spacial score (nSPS) is 12.3.